The topological polar surface area (TPSA) is 63.2 Å². The lowest BCUT2D eigenvalue weighted by molar-refractivity contribution is -0.131. The molecule has 8 nitrogen and oxygen atoms in total. The van der Waals surface area contributed by atoms with Gasteiger partial charge in [-0.1, -0.05) is 13.3 Å². The van der Waals surface area contributed by atoms with Gasteiger partial charge in [0.15, 0.2) is 0 Å². The Hall–Kier alpha value is -2.19. The highest BCUT2D eigenvalue weighted by atomic mass is 16.2. The van der Waals surface area contributed by atoms with Crippen LogP contribution in [0.25, 0.3) is 0 Å². The van der Waals surface area contributed by atoms with Crippen LogP contribution in [0, 0.1) is 0 Å². The van der Waals surface area contributed by atoms with Crippen molar-refractivity contribution in [1.29, 1.82) is 0 Å². The third-order valence-corrected chi connectivity index (χ3v) is 7.42. The van der Waals surface area contributed by atoms with E-state index in [-0.39, 0.29) is 17.9 Å². The van der Waals surface area contributed by atoms with E-state index in [1.807, 2.05) is 49.8 Å². The van der Waals surface area contributed by atoms with Crippen LogP contribution < -0.4 is 4.90 Å². The predicted molar refractivity (Wildman–Crippen MR) is 137 cm³/mol. The summed E-state index contributed by atoms with van der Waals surface area (Å²) in [4.78, 5) is 40.7. The smallest absolute Gasteiger partial charge is 0.255 e. The number of anilines is 1. The zero-order chi connectivity index (χ0) is 24.7. The minimum absolute atomic E-state index is 0.0266. The van der Waals surface area contributed by atoms with Gasteiger partial charge in [0.2, 0.25) is 5.91 Å². The van der Waals surface area contributed by atoms with Crippen molar-refractivity contribution in [2.45, 2.75) is 59.0 Å². The number of piperazine rings is 1. The van der Waals surface area contributed by atoms with Gasteiger partial charge in [0.1, 0.15) is 5.82 Å². The average Bonchev–Trinajstić information content (AvgIpc) is 2.81. The van der Waals surface area contributed by atoms with Gasteiger partial charge >= 0.3 is 0 Å². The summed E-state index contributed by atoms with van der Waals surface area (Å²) in [5.41, 5.74) is 0.630. The molecule has 0 bridgehead atoms. The van der Waals surface area contributed by atoms with Crippen LogP contribution in [0.15, 0.2) is 18.3 Å². The summed E-state index contributed by atoms with van der Waals surface area (Å²) in [6, 6.07) is 4.71. The molecule has 0 atom stereocenters. The van der Waals surface area contributed by atoms with E-state index in [0.29, 0.717) is 18.7 Å². The van der Waals surface area contributed by atoms with Crippen LogP contribution in [-0.2, 0) is 4.79 Å². The molecule has 1 aromatic heterocycles. The van der Waals surface area contributed by atoms with Gasteiger partial charge in [-0.2, -0.15) is 0 Å². The number of carbonyl (C=O) groups is 2. The van der Waals surface area contributed by atoms with Crippen LogP contribution in [0.3, 0.4) is 0 Å². The maximum absolute atomic E-state index is 12.7. The number of amides is 2. The Balaban J connectivity index is 1.43. The molecule has 190 valence electrons. The first-order valence-corrected chi connectivity index (χ1v) is 13.1. The van der Waals surface area contributed by atoms with E-state index in [0.717, 1.165) is 57.7 Å². The summed E-state index contributed by atoms with van der Waals surface area (Å²) < 4.78 is 0. The molecule has 0 radical (unpaired) electrons. The van der Waals surface area contributed by atoms with Gasteiger partial charge in [-0.25, -0.2) is 4.98 Å². The molecule has 1 aliphatic heterocycles. The van der Waals surface area contributed by atoms with E-state index in [9.17, 15) is 9.59 Å². The first kappa shape index (κ1) is 26.4. The maximum atomic E-state index is 12.7. The summed E-state index contributed by atoms with van der Waals surface area (Å²) in [5.74, 6) is 1.12. The normalized spacial score (nSPS) is 17.2. The minimum atomic E-state index is 0.0266. The largest absolute Gasteiger partial charge is 0.354 e. The van der Waals surface area contributed by atoms with Crippen molar-refractivity contribution < 1.29 is 9.59 Å². The van der Waals surface area contributed by atoms with E-state index >= 15 is 0 Å². The molecule has 1 aliphatic carbocycles. The Morgan fingerprint density at radius 1 is 1.06 bits per heavy atom. The molecule has 8 heteroatoms. The van der Waals surface area contributed by atoms with Gasteiger partial charge < -0.3 is 14.7 Å². The van der Waals surface area contributed by atoms with Crippen molar-refractivity contribution in [3.8, 4) is 0 Å². The number of nitrogens with zero attached hydrogens (tertiary/aromatic N) is 6. The Morgan fingerprint density at radius 2 is 1.76 bits per heavy atom. The van der Waals surface area contributed by atoms with Gasteiger partial charge in [0.25, 0.3) is 5.91 Å². The molecule has 3 rings (SSSR count). The number of hydrogen-bond acceptors (Lipinski definition) is 6. The molecule has 0 spiro atoms. The molecule has 1 aromatic rings. The maximum Gasteiger partial charge on any atom is 0.255 e. The number of carbonyl (C=O) groups excluding carboxylic acids is 2. The Morgan fingerprint density at radius 3 is 2.26 bits per heavy atom. The monoisotopic (exact) mass is 472 g/mol. The third-order valence-electron chi connectivity index (χ3n) is 7.42. The summed E-state index contributed by atoms with van der Waals surface area (Å²) in [6.07, 6.45) is 5.64. The molecular formula is C26H44N6O2. The lowest BCUT2D eigenvalue weighted by atomic mass is 9.91. The van der Waals surface area contributed by atoms with E-state index in [2.05, 4.69) is 26.6 Å². The van der Waals surface area contributed by atoms with Crippen molar-refractivity contribution in [2.24, 2.45) is 0 Å². The quantitative estimate of drug-likeness (QED) is 0.493. The van der Waals surface area contributed by atoms with Crippen LogP contribution in [0.4, 0.5) is 5.82 Å². The van der Waals surface area contributed by atoms with Crippen molar-refractivity contribution in [3.63, 3.8) is 0 Å². The van der Waals surface area contributed by atoms with E-state index < -0.39 is 0 Å². The predicted octanol–water partition coefficient (Wildman–Crippen LogP) is 2.41. The lowest BCUT2D eigenvalue weighted by Gasteiger charge is -2.38. The summed E-state index contributed by atoms with van der Waals surface area (Å²) >= 11 is 0. The fraction of sp³-hybridized carbons (Fsp3) is 0.731. The molecule has 0 aromatic carbocycles. The van der Waals surface area contributed by atoms with E-state index in [1.165, 1.54) is 19.3 Å². The summed E-state index contributed by atoms with van der Waals surface area (Å²) in [6.45, 7) is 15.6. The van der Waals surface area contributed by atoms with Gasteiger partial charge in [-0.15, -0.1) is 0 Å². The fourth-order valence-electron chi connectivity index (χ4n) is 4.81. The van der Waals surface area contributed by atoms with Gasteiger partial charge in [-0.3, -0.25) is 19.4 Å². The third kappa shape index (κ3) is 6.69. The van der Waals surface area contributed by atoms with Crippen molar-refractivity contribution in [1.82, 2.24) is 24.6 Å². The first-order chi connectivity index (χ1) is 16.3. The second-order valence-corrected chi connectivity index (χ2v) is 9.88. The highest BCUT2D eigenvalue weighted by Crippen LogP contribution is 2.24. The molecular weight excluding hydrogens is 428 g/mol. The average molecular weight is 473 g/mol. The van der Waals surface area contributed by atoms with Crippen molar-refractivity contribution >= 4 is 17.6 Å². The number of rotatable bonds is 11. The first-order valence-electron chi connectivity index (χ1n) is 13.1. The summed E-state index contributed by atoms with van der Waals surface area (Å²) in [5, 5.41) is 0. The Kier molecular flexibility index (Phi) is 9.71. The van der Waals surface area contributed by atoms with Gasteiger partial charge in [0, 0.05) is 71.1 Å². The molecule has 2 heterocycles. The molecule has 34 heavy (non-hydrogen) atoms. The van der Waals surface area contributed by atoms with Crippen molar-refractivity contribution in [3.05, 3.63) is 23.9 Å². The SMILES string of the molecule is CCN(CCN(C)C(=O)CN1CCN(c2ccc(C(=O)N(CC)C(C)C)cn2)CC1)C1CCC1. The number of pyridine rings is 1. The molecule has 1 saturated carbocycles. The second-order valence-electron chi connectivity index (χ2n) is 9.88. The van der Waals surface area contributed by atoms with Gasteiger partial charge in [0.05, 0.1) is 12.1 Å². The van der Waals surface area contributed by atoms with E-state index in [4.69, 9.17) is 0 Å². The molecule has 2 aliphatic rings. The molecule has 2 fully saturated rings. The number of aromatic nitrogens is 1. The van der Waals surface area contributed by atoms with Crippen LogP contribution in [0.1, 0.15) is 57.3 Å². The lowest BCUT2D eigenvalue weighted by Crippen LogP contribution is -2.51. The van der Waals surface area contributed by atoms with Crippen molar-refractivity contribution in [2.75, 3.05) is 70.9 Å². The van der Waals surface area contributed by atoms with Crippen LogP contribution >= 0.6 is 0 Å². The fourth-order valence-corrected chi connectivity index (χ4v) is 4.81. The number of hydrogen-bond donors (Lipinski definition) is 0. The minimum Gasteiger partial charge on any atom is -0.354 e. The zero-order valence-electron chi connectivity index (χ0n) is 21.9. The molecule has 0 unspecified atom stereocenters. The van der Waals surface area contributed by atoms with Crippen LogP contribution in [-0.4, -0.2) is 114 Å². The van der Waals surface area contributed by atoms with Crippen LogP contribution in [0.5, 0.6) is 0 Å². The summed E-state index contributed by atoms with van der Waals surface area (Å²) in [7, 11) is 1.93. The van der Waals surface area contributed by atoms with E-state index in [1.54, 1.807) is 6.20 Å². The van der Waals surface area contributed by atoms with Gasteiger partial charge in [-0.05, 0) is 52.3 Å². The zero-order valence-corrected chi connectivity index (χ0v) is 21.9. The standard InChI is InChI=1S/C26H44N6O2/c1-6-30(23-9-8-10-23)16-13-28(5)25(33)20-29-14-17-31(18-15-29)24-12-11-22(19-27-24)26(34)32(7-2)21(3)4/h11-12,19,21,23H,6-10,13-18,20H2,1-5H3. The molecule has 1 saturated heterocycles. The molecule has 2 amide bonds. The number of likely N-dealkylation sites (N-methyl/N-ethyl adjacent to an activating group) is 2. The molecule has 0 N–H and O–H groups in total. The highest BCUT2D eigenvalue weighted by Gasteiger charge is 2.25. The second kappa shape index (κ2) is 12.5. The Bertz CT molecular complexity index is 787. The highest BCUT2D eigenvalue weighted by molar-refractivity contribution is 5.94. The Labute approximate surface area is 205 Å². The van der Waals surface area contributed by atoms with Crippen LogP contribution in [0.2, 0.25) is 0 Å².